The molecule has 0 aliphatic rings. The monoisotopic (exact) mass is 378 g/mol. The van der Waals surface area contributed by atoms with Crippen LogP contribution in [-0.2, 0) is 16.4 Å². The molecule has 130 valence electrons. The molecule has 0 unspecified atom stereocenters. The molecule has 23 heavy (non-hydrogen) atoms. The average molecular weight is 379 g/mol. The van der Waals surface area contributed by atoms with Crippen molar-refractivity contribution in [3.05, 3.63) is 40.9 Å². The molecule has 0 aromatic heterocycles. The van der Waals surface area contributed by atoms with E-state index in [0.717, 1.165) is 36.6 Å². The van der Waals surface area contributed by atoms with E-state index in [1.807, 2.05) is 12.1 Å². The number of hydrogen-bond acceptors (Lipinski definition) is 3. The second-order valence-electron chi connectivity index (χ2n) is 5.24. The lowest BCUT2D eigenvalue weighted by Crippen LogP contribution is -2.15. The van der Waals surface area contributed by atoms with Crippen LogP contribution in [0.2, 0.25) is 5.02 Å². The van der Waals surface area contributed by atoms with Crippen LogP contribution < -0.4 is 11.3 Å². The van der Waals surface area contributed by atoms with Crippen LogP contribution in [0.3, 0.4) is 0 Å². The second-order valence-corrected chi connectivity index (χ2v) is 7.15. The van der Waals surface area contributed by atoms with E-state index in [-0.39, 0.29) is 23.5 Å². The van der Waals surface area contributed by atoms with E-state index in [4.69, 9.17) is 16.7 Å². The molecule has 2 aromatic carbocycles. The zero-order valence-corrected chi connectivity index (χ0v) is 15.6. The summed E-state index contributed by atoms with van der Waals surface area (Å²) in [6.07, 6.45) is 5.07. The van der Waals surface area contributed by atoms with E-state index in [1.54, 1.807) is 18.2 Å². The molecule has 0 saturated heterocycles. The molecule has 0 heterocycles. The topological polar surface area (TPSA) is 95.2 Å². The van der Waals surface area contributed by atoms with Gasteiger partial charge in [-0.05, 0) is 24.5 Å². The van der Waals surface area contributed by atoms with Crippen molar-refractivity contribution in [2.24, 2.45) is 5.14 Å². The lowest BCUT2D eigenvalue weighted by atomic mass is 10.0. The summed E-state index contributed by atoms with van der Waals surface area (Å²) in [5.74, 6) is 0. The van der Waals surface area contributed by atoms with Crippen molar-refractivity contribution in [3.63, 3.8) is 0 Å². The number of benzene rings is 2. The molecule has 0 fully saturated rings. The molecule has 0 aliphatic heterocycles. The number of nitrogens with two attached hydrogens (primary N) is 1. The molecule has 0 saturated carbocycles. The van der Waals surface area contributed by atoms with Gasteiger partial charge in [-0.3, -0.25) is 0 Å². The summed E-state index contributed by atoms with van der Waals surface area (Å²) in [6.45, 7) is 2.15. The fourth-order valence-corrected chi connectivity index (χ4v) is 3.87. The van der Waals surface area contributed by atoms with Crippen LogP contribution in [0.25, 0.3) is 10.8 Å². The molecule has 0 spiro atoms. The van der Waals surface area contributed by atoms with Gasteiger partial charge in [0, 0.05) is 15.8 Å². The van der Waals surface area contributed by atoms with Gasteiger partial charge in [0.1, 0.15) is 0 Å². The normalized spacial score (nSPS) is 10.9. The molecule has 4 nitrogen and oxygen atoms in total. The molecule has 0 amide bonds. The molecule has 0 atom stereocenters. The van der Waals surface area contributed by atoms with E-state index in [2.05, 4.69) is 6.92 Å². The Balaban J connectivity index is 0.00000242. The Morgan fingerprint density at radius 3 is 2.35 bits per heavy atom. The number of hydrogen-bond donors (Lipinski definition) is 2. The molecule has 0 bridgehead atoms. The first-order valence-electron chi connectivity index (χ1n) is 7.18. The highest BCUT2D eigenvalue weighted by molar-refractivity contribution is 7.89. The van der Waals surface area contributed by atoms with Gasteiger partial charge in [-0.25, -0.2) is 13.6 Å². The Hall–Kier alpha value is -0.850. The SMILES string of the molecule is CCCCCCc1ccc2c(Cl)cccc2c1S(N)(=O)=O.Cl.N. The van der Waals surface area contributed by atoms with Crippen molar-refractivity contribution in [3.8, 4) is 0 Å². The third-order valence-electron chi connectivity index (χ3n) is 3.62. The number of halogens is 2. The maximum absolute atomic E-state index is 12.0. The highest BCUT2D eigenvalue weighted by Gasteiger charge is 2.18. The third kappa shape index (κ3) is 5.33. The molecule has 0 aliphatic carbocycles. The average Bonchev–Trinajstić information content (AvgIpc) is 2.42. The summed E-state index contributed by atoms with van der Waals surface area (Å²) < 4.78 is 24.0. The maximum Gasteiger partial charge on any atom is 0.238 e. The number of rotatable bonds is 6. The molecular formula is C16H24Cl2N2O2S. The quantitative estimate of drug-likeness (QED) is 0.703. The van der Waals surface area contributed by atoms with Gasteiger partial charge >= 0.3 is 0 Å². The highest BCUT2D eigenvalue weighted by Crippen LogP contribution is 2.31. The Labute approximate surface area is 149 Å². The van der Waals surface area contributed by atoms with E-state index >= 15 is 0 Å². The minimum absolute atomic E-state index is 0. The number of primary sulfonamides is 1. The largest absolute Gasteiger partial charge is 0.344 e. The standard InChI is InChI=1S/C16H20ClNO2S.ClH.H3N/c1-2-3-4-5-7-12-10-11-13-14(8-6-9-15(13)17)16(12)21(18,19)20;;/h6,8-11H,2-5,7H2,1H3,(H2,18,19,20);1H;1H3. The smallest absolute Gasteiger partial charge is 0.238 e. The Kier molecular flexibility index (Phi) is 9.10. The maximum atomic E-state index is 12.0. The fraction of sp³-hybridized carbons (Fsp3) is 0.375. The van der Waals surface area contributed by atoms with Crippen LogP contribution in [0.1, 0.15) is 38.2 Å². The van der Waals surface area contributed by atoms with Crippen molar-refractivity contribution in [2.45, 2.75) is 43.9 Å². The molecular weight excluding hydrogens is 355 g/mol. The molecule has 2 aromatic rings. The van der Waals surface area contributed by atoms with Gasteiger partial charge in [0.2, 0.25) is 10.0 Å². The van der Waals surface area contributed by atoms with Crippen LogP contribution in [0.5, 0.6) is 0 Å². The van der Waals surface area contributed by atoms with Crippen LogP contribution in [0.4, 0.5) is 0 Å². The van der Waals surface area contributed by atoms with Crippen molar-refractivity contribution in [2.75, 3.05) is 0 Å². The van der Waals surface area contributed by atoms with Gasteiger partial charge < -0.3 is 6.15 Å². The number of sulfonamides is 1. The first-order valence-corrected chi connectivity index (χ1v) is 9.10. The van der Waals surface area contributed by atoms with Gasteiger partial charge in [0.05, 0.1) is 4.90 Å². The second kappa shape index (κ2) is 9.45. The van der Waals surface area contributed by atoms with Gasteiger partial charge in [-0.15, -0.1) is 12.4 Å². The molecule has 7 heteroatoms. The Bertz CT molecular complexity index is 749. The Morgan fingerprint density at radius 1 is 1.04 bits per heavy atom. The minimum atomic E-state index is -3.78. The van der Waals surface area contributed by atoms with Gasteiger partial charge in [0.15, 0.2) is 0 Å². The van der Waals surface area contributed by atoms with Crippen molar-refractivity contribution >= 4 is 44.8 Å². The fourth-order valence-electron chi connectivity index (χ4n) is 2.61. The summed E-state index contributed by atoms with van der Waals surface area (Å²) in [6, 6.07) is 8.97. The predicted molar refractivity (Wildman–Crippen MR) is 100 cm³/mol. The Morgan fingerprint density at radius 2 is 1.74 bits per heavy atom. The predicted octanol–water partition coefficient (Wildman–Crippen LogP) is 4.85. The summed E-state index contributed by atoms with van der Waals surface area (Å²) in [5, 5.41) is 7.30. The van der Waals surface area contributed by atoms with Gasteiger partial charge in [0.25, 0.3) is 0 Å². The van der Waals surface area contributed by atoms with Crippen molar-refractivity contribution < 1.29 is 8.42 Å². The van der Waals surface area contributed by atoms with E-state index < -0.39 is 10.0 Å². The third-order valence-corrected chi connectivity index (χ3v) is 5.01. The first-order chi connectivity index (χ1) is 9.95. The number of aryl methyl sites for hydroxylation is 1. The van der Waals surface area contributed by atoms with E-state index in [1.165, 1.54) is 0 Å². The highest BCUT2D eigenvalue weighted by atomic mass is 35.5. The zero-order valence-electron chi connectivity index (χ0n) is 13.2. The van der Waals surface area contributed by atoms with Crippen LogP contribution in [0.15, 0.2) is 35.2 Å². The summed E-state index contributed by atoms with van der Waals surface area (Å²) in [4.78, 5) is 0.221. The van der Waals surface area contributed by atoms with Crippen molar-refractivity contribution in [1.29, 1.82) is 0 Å². The zero-order chi connectivity index (χ0) is 15.5. The molecule has 5 N–H and O–H groups in total. The number of fused-ring (bicyclic) bond motifs is 1. The van der Waals surface area contributed by atoms with E-state index in [9.17, 15) is 8.42 Å². The van der Waals surface area contributed by atoms with E-state index in [0.29, 0.717) is 16.8 Å². The van der Waals surface area contributed by atoms with Crippen molar-refractivity contribution in [1.82, 2.24) is 6.15 Å². The lowest BCUT2D eigenvalue weighted by molar-refractivity contribution is 0.596. The van der Waals surface area contributed by atoms with Crippen LogP contribution in [-0.4, -0.2) is 8.42 Å². The summed E-state index contributed by atoms with van der Waals surface area (Å²) in [7, 11) is -3.78. The lowest BCUT2D eigenvalue weighted by Gasteiger charge is -2.12. The van der Waals surface area contributed by atoms with Gasteiger partial charge in [-0.1, -0.05) is 62.1 Å². The summed E-state index contributed by atoms with van der Waals surface area (Å²) in [5.41, 5.74) is 0.781. The van der Waals surface area contributed by atoms with Crippen LogP contribution >= 0.6 is 24.0 Å². The van der Waals surface area contributed by atoms with Gasteiger partial charge in [-0.2, -0.15) is 0 Å². The van der Waals surface area contributed by atoms with Crippen LogP contribution in [0, 0.1) is 0 Å². The summed E-state index contributed by atoms with van der Waals surface area (Å²) >= 11 is 6.14. The number of unbranched alkanes of at least 4 members (excludes halogenated alkanes) is 3. The molecule has 2 rings (SSSR count). The molecule has 0 radical (unpaired) electrons. The first kappa shape index (κ1) is 22.1. The minimum Gasteiger partial charge on any atom is -0.344 e.